The largest absolute Gasteiger partial charge is 0.377 e. The summed E-state index contributed by atoms with van der Waals surface area (Å²) >= 11 is 0. The highest BCUT2D eigenvalue weighted by molar-refractivity contribution is 5.48. The Morgan fingerprint density at radius 3 is 2.72 bits per heavy atom. The molecular formula is C16H23NO. The van der Waals surface area contributed by atoms with Gasteiger partial charge in [0.15, 0.2) is 0 Å². The average molecular weight is 245 g/mol. The van der Waals surface area contributed by atoms with Gasteiger partial charge in [0.05, 0.1) is 12.7 Å². The van der Waals surface area contributed by atoms with Crippen molar-refractivity contribution in [3.05, 3.63) is 42.0 Å². The molecule has 2 rings (SSSR count). The van der Waals surface area contributed by atoms with E-state index >= 15 is 0 Å². The smallest absolute Gasteiger partial charge is 0.0594 e. The van der Waals surface area contributed by atoms with Crippen LogP contribution >= 0.6 is 0 Å². The molecule has 0 spiro atoms. The predicted octanol–water partition coefficient (Wildman–Crippen LogP) is 3.25. The van der Waals surface area contributed by atoms with Crippen LogP contribution in [0.25, 0.3) is 6.08 Å². The number of benzene rings is 1. The molecule has 0 aromatic heterocycles. The van der Waals surface area contributed by atoms with Crippen LogP contribution in [0.15, 0.2) is 36.4 Å². The van der Waals surface area contributed by atoms with E-state index in [1.165, 1.54) is 31.2 Å². The fourth-order valence-corrected chi connectivity index (χ4v) is 2.30. The summed E-state index contributed by atoms with van der Waals surface area (Å²) in [5.74, 6) is 0. The van der Waals surface area contributed by atoms with Gasteiger partial charge in [-0.25, -0.2) is 0 Å². The van der Waals surface area contributed by atoms with Gasteiger partial charge < -0.3 is 10.1 Å². The first-order valence-electron chi connectivity index (χ1n) is 6.99. The monoisotopic (exact) mass is 245 g/mol. The molecule has 0 atom stereocenters. The minimum Gasteiger partial charge on any atom is -0.377 e. The second kappa shape index (κ2) is 8.06. The van der Waals surface area contributed by atoms with Crippen molar-refractivity contribution in [3.63, 3.8) is 0 Å². The summed E-state index contributed by atoms with van der Waals surface area (Å²) in [7, 11) is 0. The van der Waals surface area contributed by atoms with Crippen LogP contribution in [0.1, 0.15) is 31.2 Å². The van der Waals surface area contributed by atoms with Crippen LogP contribution in [-0.4, -0.2) is 25.8 Å². The molecule has 0 amide bonds. The predicted molar refractivity (Wildman–Crippen MR) is 76.6 cm³/mol. The summed E-state index contributed by atoms with van der Waals surface area (Å²) in [6.45, 7) is 2.68. The molecule has 0 radical (unpaired) electrons. The van der Waals surface area contributed by atoms with Crippen LogP contribution in [0.3, 0.4) is 0 Å². The van der Waals surface area contributed by atoms with E-state index in [0.717, 1.165) is 19.7 Å². The van der Waals surface area contributed by atoms with E-state index in [2.05, 4.69) is 41.7 Å². The lowest BCUT2D eigenvalue weighted by Crippen LogP contribution is -2.22. The summed E-state index contributed by atoms with van der Waals surface area (Å²) < 4.78 is 5.78. The van der Waals surface area contributed by atoms with Gasteiger partial charge in [-0.3, -0.25) is 0 Å². The molecule has 18 heavy (non-hydrogen) atoms. The summed E-state index contributed by atoms with van der Waals surface area (Å²) in [6, 6.07) is 10.4. The van der Waals surface area contributed by atoms with Crippen molar-refractivity contribution in [1.29, 1.82) is 0 Å². The van der Waals surface area contributed by atoms with Gasteiger partial charge >= 0.3 is 0 Å². The summed E-state index contributed by atoms with van der Waals surface area (Å²) in [5.41, 5.74) is 1.25. The molecule has 0 heterocycles. The summed E-state index contributed by atoms with van der Waals surface area (Å²) in [4.78, 5) is 0. The molecule has 1 N–H and O–H groups in total. The van der Waals surface area contributed by atoms with Crippen LogP contribution < -0.4 is 5.32 Å². The fourth-order valence-electron chi connectivity index (χ4n) is 2.30. The topological polar surface area (TPSA) is 21.3 Å². The second-order valence-corrected chi connectivity index (χ2v) is 4.79. The molecule has 1 saturated carbocycles. The third-order valence-electron chi connectivity index (χ3n) is 3.31. The molecule has 1 aromatic carbocycles. The lowest BCUT2D eigenvalue weighted by molar-refractivity contribution is 0.0608. The molecule has 98 valence electrons. The van der Waals surface area contributed by atoms with Crippen LogP contribution in [0.2, 0.25) is 0 Å². The van der Waals surface area contributed by atoms with E-state index in [-0.39, 0.29) is 0 Å². The third-order valence-corrected chi connectivity index (χ3v) is 3.31. The van der Waals surface area contributed by atoms with Crippen molar-refractivity contribution in [2.24, 2.45) is 0 Å². The minimum atomic E-state index is 0.534. The van der Waals surface area contributed by atoms with E-state index in [1.807, 2.05) is 6.07 Å². The van der Waals surface area contributed by atoms with Crippen molar-refractivity contribution >= 4 is 6.08 Å². The second-order valence-electron chi connectivity index (χ2n) is 4.79. The van der Waals surface area contributed by atoms with E-state index in [1.54, 1.807) is 0 Å². The van der Waals surface area contributed by atoms with Crippen LogP contribution in [0.4, 0.5) is 0 Å². The standard InChI is InChI=1S/C16H23NO/c1-2-7-15(8-3-1)9-6-12-17-13-14-18-16-10-4-5-11-16/h1-3,6-9,16-17H,4-5,10-14H2/b9-6+. The van der Waals surface area contributed by atoms with Crippen molar-refractivity contribution < 1.29 is 4.74 Å². The molecule has 0 saturated heterocycles. The van der Waals surface area contributed by atoms with Gasteiger partial charge in [0.25, 0.3) is 0 Å². The first kappa shape index (κ1) is 13.3. The van der Waals surface area contributed by atoms with Crippen LogP contribution in [0.5, 0.6) is 0 Å². The minimum absolute atomic E-state index is 0.534. The SMILES string of the molecule is C(=C\c1ccccc1)/CNCCOC1CCCC1. The molecule has 1 aromatic rings. The lowest BCUT2D eigenvalue weighted by Gasteiger charge is -2.10. The summed E-state index contributed by atoms with van der Waals surface area (Å²) in [6.07, 6.45) is 10.0. The Morgan fingerprint density at radius 2 is 1.94 bits per heavy atom. The van der Waals surface area contributed by atoms with Gasteiger partial charge in [-0.1, -0.05) is 55.3 Å². The van der Waals surface area contributed by atoms with Crippen molar-refractivity contribution in [1.82, 2.24) is 5.32 Å². The van der Waals surface area contributed by atoms with E-state index in [0.29, 0.717) is 6.10 Å². The molecule has 0 aliphatic heterocycles. The zero-order valence-electron chi connectivity index (χ0n) is 11.0. The van der Waals surface area contributed by atoms with E-state index in [4.69, 9.17) is 4.74 Å². The molecule has 2 nitrogen and oxygen atoms in total. The van der Waals surface area contributed by atoms with Crippen LogP contribution in [-0.2, 0) is 4.74 Å². The number of hydrogen-bond donors (Lipinski definition) is 1. The molecule has 2 heteroatoms. The van der Waals surface area contributed by atoms with E-state index < -0.39 is 0 Å². The van der Waals surface area contributed by atoms with Gasteiger partial charge in [-0.15, -0.1) is 0 Å². The van der Waals surface area contributed by atoms with Gasteiger partial charge in [0.2, 0.25) is 0 Å². The number of hydrogen-bond acceptors (Lipinski definition) is 2. The normalized spacial score (nSPS) is 16.7. The molecular weight excluding hydrogens is 222 g/mol. The zero-order valence-corrected chi connectivity index (χ0v) is 11.0. The van der Waals surface area contributed by atoms with Gasteiger partial charge in [-0.05, 0) is 18.4 Å². The molecule has 1 aliphatic rings. The maximum absolute atomic E-state index is 5.78. The van der Waals surface area contributed by atoms with Gasteiger partial charge in [0, 0.05) is 13.1 Å². The number of ether oxygens (including phenoxy) is 1. The Labute approximate surface area is 110 Å². The van der Waals surface area contributed by atoms with Gasteiger partial charge in [0.1, 0.15) is 0 Å². The highest BCUT2D eigenvalue weighted by atomic mass is 16.5. The van der Waals surface area contributed by atoms with Gasteiger partial charge in [-0.2, -0.15) is 0 Å². The first-order chi connectivity index (χ1) is 8.95. The Balaban J connectivity index is 1.49. The number of rotatable bonds is 7. The van der Waals surface area contributed by atoms with Crippen LogP contribution in [0, 0.1) is 0 Å². The fraction of sp³-hybridized carbons (Fsp3) is 0.500. The maximum Gasteiger partial charge on any atom is 0.0594 e. The first-order valence-corrected chi connectivity index (χ1v) is 6.99. The zero-order chi connectivity index (χ0) is 12.5. The van der Waals surface area contributed by atoms with Crippen molar-refractivity contribution in [2.75, 3.05) is 19.7 Å². The third kappa shape index (κ3) is 5.03. The Hall–Kier alpha value is -1.12. The molecule has 1 fully saturated rings. The molecule has 1 aliphatic carbocycles. The highest BCUT2D eigenvalue weighted by Crippen LogP contribution is 2.20. The molecule has 0 bridgehead atoms. The Morgan fingerprint density at radius 1 is 1.17 bits per heavy atom. The quantitative estimate of drug-likeness (QED) is 0.745. The molecule has 0 unspecified atom stereocenters. The Bertz CT molecular complexity index is 341. The van der Waals surface area contributed by atoms with Crippen molar-refractivity contribution in [3.8, 4) is 0 Å². The average Bonchev–Trinajstić information content (AvgIpc) is 2.92. The number of nitrogens with one attached hydrogen (secondary N) is 1. The van der Waals surface area contributed by atoms with Crippen molar-refractivity contribution in [2.45, 2.75) is 31.8 Å². The Kier molecular flexibility index (Phi) is 5.97. The maximum atomic E-state index is 5.78. The lowest BCUT2D eigenvalue weighted by atomic mass is 10.2. The highest BCUT2D eigenvalue weighted by Gasteiger charge is 2.14. The van der Waals surface area contributed by atoms with E-state index in [9.17, 15) is 0 Å². The summed E-state index contributed by atoms with van der Waals surface area (Å²) in [5, 5.41) is 3.37.